The van der Waals surface area contributed by atoms with Gasteiger partial charge in [-0.15, -0.1) is 11.3 Å². The molecule has 1 aromatic carbocycles. The molecule has 1 aliphatic carbocycles. The molecule has 0 spiro atoms. The van der Waals surface area contributed by atoms with Crippen LogP contribution >= 0.6 is 34.5 Å². The van der Waals surface area contributed by atoms with E-state index < -0.39 is 24.4 Å². The van der Waals surface area contributed by atoms with E-state index in [-0.39, 0.29) is 18.2 Å². The summed E-state index contributed by atoms with van der Waals surface area (Å²) in [5.74, 6) is -0.523. The molecule has 190 valence electrons. The number of thiophene rings is 1. The van der Waals surface area contributed by atoms with E-state index in [1.807, 2.05) is 6.07 Å². The van der Waals surface area contributed by atoms with Crippen LogP contribution < -0.4 is 16.1 Å². The van der Waals surface area contributed by atoms with Crippen molar-refractivity contribution in [2.75, 3.05) is 6.54 Å². The number of carbonyl (C=O) groups is 2. The Bertz CT molecular complexity index is 1080. The van der Waals surface area contributed by atoms with Gasteiger partial charge < -0.3 is 10.6 Å². The molecule has 2 amide bonds. The number of hydrogen-bond donors (Lipinski definition) is 3. The molecule has 35 heavy (non-hydrogen) atoms. The van der Waals surface area contributed by atoms with Crippen LogP contribution in [0.15, 0.2) is 24.3 Å². The lowest BCUT2D eigenvalue weighted by Crippen LogP contribution is -2.40. The van der Waals surface area contributed by atoms with E-state index in [0.29, 0.717) is 27.9 Å². The molecule has 3 heterocycles. The lowest BCUT2D eigenvalue weighted by atomic mass is 9.90. The summed E-state index contributed by atoms with van der Waals surface area (Å²) in [5, 5.41) is 6.79. The summed E-state index contributed by atoms with van der Waals surface area (Å²) in [6.45, 7) is 0.528. The van der Waals surface area contributed by atoms with Crippen molar-refractivity contribution in [1.29, 1.82) is 0 Å². The predicted molar refractivity (Wildman–Crippen MR) is 128 cm³/mol. The zero-order valence-corrected chi connectivity index (χ0v) is 20.8. The number of halogens is 5. The van der Waals surface area contributed by atoms with Gasteiger partial charge in [0.25, 0.3) is 5.91 Å². The van der Waals surface area contributed by atoms with Gasteiger partial charge in [0, 0.05) is 27.9 Å². The first kappa shape index (κ1) is 26.2. The van der Waals surface area contributed by atoms with Crippen molar-refractivity contribution in [2.45, 2.75) is 62.9 Å². The molecule has 3 aliphatic rings. The molecular weight excluding hydrogens is 526 g/mol. The van der Waals surface area contributed by atoms with Gasteiger partial charge in [-0.05, 0) is 61.4 Å². The number of nitrogens with one attached hydrogen (secondary N) is 3. The van der Waals surface area contributed by atoms with Crippen LogP contribution in [0.3, 0.4) is 0 Å². The van der Waals surface area contributed by atoms with Crippen molar-refractivity contribution >= 4 is 46.4 Å². The molecule has 2 aromatic rings. The van der Waals surface area contributed by atoms with Crippen molar-refractivity contribution in [2.24, 2.45) is 0 Å². The van der Waals surface area contributed by atoms with Crippen LogP contribution in [-0.2, 0) is 22.5 Å². The summed E-state index contributed by atoms with van der Waals surface area (Å²) in [5.41, 5.74) is 4.39. The number of alkyl halides is 3. The highest BCUT2D eigenvalue weighted by Crippen LogP contribution is 2.43. The van der Waals surface area contributed by atoms with Crippen LogP contribution in [0.5, 0.6) is 0 Å². The summed E-state index contributed by atoms with van der Waals surface area (Å²) in [6, 6.07) is 5.95. The van der Waals surface area contributed by atoms with Crippen LogP contribution in [0, 0.1) is 0 Å². The minimum atomic E-state index is -4.42. The van der Waals surface area contributed by atoms with Gasteiger partial charge in [-0.25, -0.2) is 0 Å². The maximum atomic E-state index is 12.9. The van der Waals surface area contributed by atoms with Crippen LogP contribution in [0.1, 0.15) is 57.4 Å². The van der Waals surface area contributed by atoms with E-state index in [0.717, 1.165) is 41.7 Å². The Morgan fingerprint density at radius 2 is 1.83 bits per heavy atom. The molecule has 6 nitrogen and oxygen atoms in total. The van der Waals surface area contributed by atoms with E-state index in [1.165, 1.54) is 11.3 Å². The lowest BCUT2D eigenvalue weighted by molar-refractivity contribution is -0.218. The minimum absolute atomic E-state index is 0.201. The summed E-state index contributed by atoms with van der Waals surface area (Å²) in [7, 11) is 0. The first-order valence-corrected chi connectivity index (χ1v) is 12.8. The van der Waals surface area contributed by atoms with Gasteiger partial charge in [0.1, 0.15) is 6.04 Å². The van der Waals surface area contributed by atoms with E-state index in [2.05, 4.69) is 16.1 Å². The number of carbonyl (C=O) groups excluding carboxylic acids is 2. The van der Waals surface area contributed by atoms with Crippen molar-refractivity contribution in [3.05, 3.63) is 55.2 Å². The van der Waals surface area contributed by atoms with Crippen molar-refractivity contribution in [1.82, 2.24) is 16.1 Å². The van der Waals surface area contributed by atoms with Crippen LogP contribution in [-0.4, -0.2) is 36.7 Å². The molecule has 2 unspecified atom stereocenters. The molecule has 2 saturated heterocycles. The van der Waals surface area contributed by atoms with Gasteiger partial charge in [0.2, 0.25) is 5.91 Å². The first-order valence-electron chi connectivity index (χ1n) is 11.3. The molecule has 5 rings (SSSR count). The van der Waals surface area contributed by atoms with Gasteiger partial charge in [-0.1, -0.05) is 29.3 Å². The van der Waals surface area contributed by atoms with E-state index in [9.17, 15) is 22.8 Å². The summed E-state index contributed by atoms with van der Waals surface area (Å²) in [6.07, 6.45) is -2.59. The monoisotopic (exact) mass is 549 g/mol. The second-order valence-electron chi connectivity index (χ2n) is 8.56. The Labute approximate surface area is 214 Å². The molecule has 0 saturated carbocycles. The molecule has 2 fully saturated rings. The van der Waals surface area contributed by atoms with Gasteiger partial charge in [-0.2, -0.15) is 18.7 Å². The third-order valence-corrected chi connectivity index (χ3v) is 7.94. The van der Waals surface area contributed by atoms with Crippen LogP contribution in [0.25, 0.3) is 0 Å². The third-order valence-electron chi connectivity index (χ3n) is 6.08. The zero-order valence-electron chi connectivity index (χ0n) is 18.5. The first-order chi connectivity index (χ1) is 16.6. The minimum Gasteiger partial charge on any atom is -0.354 e. The fourth-order valence-corrected chi connectivity index (χ4v) is 6.17. The zero-order chi connectivity index (χ0) is 25.2. The predicted octanol–water partition coefficient (Wildman–Crippen LogP) is 5.14. The quantitative estimate of drug-likeness (QED) is 0.495. The summed E-state index contributed by atoms with van der Waals surface area (Å²) >= 11 is 12.3. The topological polar surface area (TPSA) is 79.5 Å². The van der Waals surface area contributed by atoms with Gasteiger partial charge in [0.05, 0.1) is 10.9 Å². The number of hydroxylamine groups is 1. The van der Waals surface area contributed by atoms with E-state index in [4.69, 9.17) is 28.0 Å². The average Bonchev–Trinajstić information content (AvgIpc) is 3.52. The summed E-state index contributed by atoms with van der Waals surface area (Å²) < 4.78 is 38.8. The number of fused-ring (bicyclic) bond motifs is 1. The van der Waals surface area contributed by atoms with E-state index in [1.54, 1.807) is 18.2 Å². The Morgan fingerprint density at radius 3 is 2.37 bits per heavy atom. The number of rotatable bonds is 3. The highest BCUT2D eigenvalue weighted by Gasteiger charge is 2.47. The van der Waals surface area contributed by atoms with Crippen LogP contribution in [0.4, 0.5) is 13.2 Å². The average molecular weight is 550 g/mol. The van der Waals surface area contributed by atoms with Gasteiger partial charge in [0.15, 0.2) is 6.10 Å². The molecule has 12 heteroatoms. The normalized spacial score (nSPS) is 23.8. The lowest BCUT2D eigenvalue weighted by Gasteiger charge is -2.16. The Balaban J connectivity index is 0.000000308. The molecule has 0 bridgehead atoms. The maximum Gasteiger partial charge on any atom is 0.416 e. The standard InChI is InChI=1S/C17H20F3N3O3S.C6H4Cl2/c18-17(19,20)12-7-11(23-26-12)13-8-3-1-2-4-9(8)14(27-13)16(25)22-10-5-6-21-15(10)24;7-5-2-1-3-6(8)4-5/h10-12,23H,1-7H2,(H,21,24)(H,22,25);1-4H/t10-,11?,12?;/m1./s1. The van der Waals surface area contributed by atoms with Gasteiger partial charge in [-0.3, -0.25) is 14.4 Å². The maximum absolute atomic E-state index is 12.9. The van der Waals surface area contributed by atoms with Gasteiger partial charge >= 0.3 is 6.18 Å². The molecular formula is C23H24Cl2F3N3O3S. The molecule has 0 radical (unpaired) electrons. The second kappa shape index (κ2) is 11.0. The Kier molecular flexibility index (Phi) is 8.27. The molecule has 3 N–H and O–H groups in total. The molecule has 2 aliphatic heterocycles. The van der Waals surface area contributed by atoms with Crippen molar-refractivity contribution < 1.29 is 27.6 Å². The highest BCUT2D eigenvalue weighted by molar-refractivity contribution is 7.14. The fourth-order valence-electron chi connectivity index (χ4n) is 4.38. The number of hydrogen-bond acceptors (Lipinski definition) is 5. The third kappa shape index (κ3) is 6.29. The molecule has 3 atom stereocenters. The Morgan fingerprint density at radius 1 is 1.14 bits per heavy atom. The summed E-state index contributed by atoms with van der Waals surface area (Å²) in [4.78, 5) is 30.5. The smallest absolute Gasteiger partial charge is 0.354 e. The molecule has 1 aromatic heterocycles. The van der Waals surface area contributed by atoms with Crippen molar-refractivity contribution in [3.63, 3.8) is 0 Å². The number of benzene rings is 1. The van der Waals surface area contributed by atoms with Crippen molar-refractivity contribution in [3.8, 4) is 0 Å². The fraction of sp³-hybridized carbons (Fsp3) is 0.478. The van der Waals surface area contributed by atoms with Crippen LogP contribution in [0.2, 0.25) is 10.0 Å². The van der Waals surface area contributed by atoms with E-state index >= 15 is 0 Å². The largest absolute Gasteiger partial charge is 0.416 e. The Hall–Kier alpha value is -1.85. The highest BCUT2D eigenvalue weighted by atomic mass is 35.5. The SMILES string of the molecule is Clc1cccc(Cl)c1.O=C(N[C@@H]1CCNC1=O)c1sc(C2CC(C(F)(F)F)ON2)c2c1CCCC2. The second-order valence-corrected chi connectivity index (χ2v) is 10.5. The number of amides is 2.